The van der Waals surface area contributed by atoms with Gasteiger partial charge in [-0.3, -0.25) is 0 Å². The summed E-state index contributed by atoms with van der Waals surface area (Å²) in [4.78, 5) is 30.6. The molecule has 16 aromatic rings. The Morgan fingerprint density at radius 2 is 0.525 bits per heavy atom. The van der Waals surface area contributed by atoms with Gasteiger partial charge in [-0.05, 0) is 159 Å². The van der Waals surface area contributed by atoms with Crippen molar-refractivity contribution in [1.29, 1.82) is 0 Å². The van der Waals surface area contributed by atoms with E-state index < -0.39 is 0 Å². The fraction of sp³-hybridized carbons (Fsp3) is 0.128. The van der Waals surface area contributed by atoms with Crippen molar-refractivity contribution in [2.45, 2.75) is 77.0 Å². The fourth-order valence-electron chi connectivity index (χ4n) is 15.4. The number of rotatable bonds is 9. The lowest BCUT2D eigenvalue weighted by molar-refractivity contribution is 0.299. The standard InChI is InChI=1S/C49H39N3.C45H35N3O/c1-48(2)43-26-24-35(32-16-8-5-9-17-32)29-40(43)41-30-36(25-27-44(41)49(48,3)4)38-28-37-22-14-15-23-39(37)42(31-38)47-51-45(33-18-10-6-11-19-33)50-46(52-47)34-20-12-7-13-21-34;1-44(2)36-24-22-30(28-14-7-5-8-15-28)26-34(36)35-27-31(23-25-37(35)45(44,3)4)42-46-41(29-16-9-6-10-17-29)47-43(48-42)33-19-13-21-39-40(33)32-18-11-12-20-38(32)49-39/h5-31H,1-4H3;5-27H,1-4H3. The van der Waals surface area contributed by atoms with Crippen LogP contribution in [0.5, 0.6) is 0 Å². The summed E-state index contributed by atoms with van der Waals surface area (Å²) in [6.07, 6.45) is 0. The Morgan fingerprint density at radius 1 is 0.208 bits per heavy atom. The summed E-state index contributed by atoms with van der Waals surface area (Å²) in [5, 5.41) is 4.30. The summed E-state index contributed by atoms with van der Waals surface area (Å²) < 4.78 is 6.25. The summed E-state index contributed by atoms with van der Waals surface area (Å²) in [6.45, 7) is 19.0. The molecule has 3 aromatic heterocycles. The maximum atomic E-state index is 6.25. The van der Waals surface area contributed by atoms with Crippen molar-refractivity contribution in [2.75, 3.05) is 0 Å². The Bertz CT molecular complexity index is 5820. The predicted molar refractivity (Wildman–Crippen MR) is 416 cm³/mol. The van der Waals surface area contributed by atoms with Crippen molar-refractivity contribution in [2.24, 2.45) is 0 Å². The zero-order chi connectivity index (χ0) is 68.8. The molecule has 0 saturated carbocycles. The SMILES string of the molecule is CC1(C)c2ccc(-c3ccccc3)cc2-c2cc(-c3cc(-c4nc(-c5ccccc5)nc(-c5ccccc5)n4)c4ccccc4c3)ccc2C1(C)C.CC1(C)c2ccc(-c3ccccc3)cc2-c2cc(-c3nc(-c4ccccc4)nc(-c4cccc5oc6ccccc6c45)n3)ccc2C1(C)C. The fourth-order valence-corrected chi connectivity index (χ4v) is 15.4. The van der Waals surface area contributed by atoms with Crippen molar-refractivity contribution in [3.63, 3.8) is 0 Å². The zero-order valence-corrected chi connectivity index (χ0v) is 58.0. The zero-order valence-electron chi connectivity index (χ0n) is 58.0. The van der Waals surface area contributed by atoms with Gasteiger partial charge < -0.3 is 4.42 Å². The predicted octanol–water partition coefficient (Wildman–Crippen LogP) is 24.3. The van der Waals surface area contributed by atoms with Gasteiger partial charge in [0.15, 0.2) is 34.9 Å². The van der Waals surface area contributed by atoms with Crippen LogP contribution in [0.3, 0.4) is 0 Å². The minimum Gasteiger partial charge on any atom is -0.456 e. The van der Waals surface area contributed by atoms with Crippen molar-refractivity contribution in [3.8, 4) is 124 Å². The molecule has 486 valence electrons. The highest BCUT2D eigenvalue weighted by atomic mass is 16.3. The summed E-state index contributed by atoms with van der Waals surface area (Å²) >= 11 is 0. The van der Waals surface area contributed by atoms with Crippen LogP contribution in [0.4, 0.5) is 0 Å². The Labute approximate surface area is 590 Å². The second-order valence-corrected chi connectivity index (χ2v) is 29.0. The van der Waals surface area contributed by atoms with Crippen LogP contribution in [0, 0.1) is 0 Å². The van der Waals surface area contributed by atoms with Gasteiger partial charge in [-0.2, -0.15) is 0 Å². The number of fused-ring (bicyclic) bond motifs is 10. The summed E-state index contributed by atoms with van der Waals surface area (Å²) in [5.74, 6) is 3.86. The molecule has 0 fully saturated rings. The molecule has 0 unspecified atom stereocenters. The van der Waals surface area contributed by atoms with Crippen LogP contribution in [0.15, 0.2) is 308 Å². The normalized spacial score (nSPS) is 14.3. The third-order valence-corrected chi connectivity index (χ3v) is 22.4. The van der Waals surface area contributed by atoms with Crippen LogP contribution in [0.25, 0.3) is 157 Å². The van der Waals surface area contributed by atoms with E-state index in [0.717, 1.165) is 77.2 Å². The molecule has 0 radical (unpaired) electrons. The molecule has 0 bridgehead atoms. The second-order valence-electron chi connectivity index (χ2n) is 29.0. The quantitative estimate of drug-likeness (QED) is 0.142. The Morgan fingerprint density at radius 3 is 0.970 bits per heavy atom. The molecule has 3 heterocycles. The molecule has 2 aliphatic carbocycles. The molecule has 0 aliphatic heterocycles. The van der Waals surface area contributed by atoms with Crippen LogP contribution < -0.4 is 0 Å². The Hall–Kier alpha value is -12.1. The largest absolute Gasteiger partial charge is 0.456 e. The van der Waals surface area contributed by atoms with Crippen LogP contribution in [0.2, 0.25) is 0 Å². The maximum Gasteiger partial charge on any atom is 0.164 e. The molecule has 0 spiro atoms. The lowest BCUT2D eigenvalue weighted by Gasteiger charge is -2.48. The van der Waals surface area contributed by atoms with Gasteiger partial charge >= 0.3 is 0 Å². The number of aromatic nitrogens is 6. The first kappa shape index (κ1) is 62.5. The van der Waals surface area contributed by atoms with Crippen molar-refractivity contribution in [3.05, 3.63) is 326 Å². The van der Waals surface area contributed by atoms with E-state index in [-0.39, 0.29) is 21.7 Å². The van der Waals surface area contributed by atoms with Gasteiger partial charge in [0, 0.05) is 44.2 Å². The van der Waals surface area contributed by atoms with Gasteiger partial charge in [0.2, 0.25) is 0 Å². The topological polar surface area (TPSA) is 90.5 Å². The van der Waals surface area contributed by atoms with E-state index in [2.05, 4.69) is 274 Å². The van der Waals surface area contributed by atoms with E-state index in [9.17, 15) is 0 Å². The molecular formula is C94H74N6O. The summed E-state index contributed by atoms with van der Waals surface area (Å²) in [6, 6.07) is 107. The Balaban J connectivity index is 0.000000151. The highest BCUT2D eigenvalue weighted by molar-refractivity contribution is 6.12. The molecule has 0 N–H and O–H groups in total. The van der Waals surface area contributed by atoms with E-state index in [1.807, 2.05) is 84.9 Å². The molecule has 7 heteroatoms. The van der Waals surface area contributed by atoms with Gasteiger partial charge in [0.25, 0.3) is 0 Å². The van der Waals surface area contributed by atoms with Crippen LogP contribution >= 0.6 is 0 Å². The van der Waals surface area contributed by atoms with Crippen molar-refractivity contribution >= 4 is 32.7 Å². The van der Waals surface area contributed by atoms with Gasteiger partial charge in [0.1, 0.15) is 11.2 Å². The molecule has 0 saturated heterocycles. The minimum absolute atomic E-state index is 0.0617. The second kappa shape index (κ2) is 24.4. The average molecular weight is 1300 g/mol. The molecule has 18 rings (SSSR count). The van der Waals surface area contributed by atoms with Gasteiger partial charge in [-0.15, -0.1) is 0 Å². The van der Waals surface area contributed by atoms with Crippen LogP contribution in [-0.4, -0.2) is 29.9 Å². The first-order chi connectivity index (χ1) is 49.1. The number of furan rings is 1. The minimum atomic E-state index is -0.112. The Kier molecular flexibility index (Phi) is 15.1. The summed E-state index contributed by atoms with van der Waals surface area (Å²) in [5.41, 5.74) is 24.7. The molecule has 0 amide bonds. The lowest BCUT2D eigenvalue weighted by Crippen LogP contribution is -2.43. The van der Waals surface area contributed by atoms with Crippen molar-refractivity contribution in [1.82, 2.24) is 29.9 Å². The van der Waals surface area contributed by atoms with Gasteiger partial charge in [-0.1, -0.05) is 310 Å². The van der Waals surface area contributed by atoms with E-state index in [0.29, 0.717) is 34.9 Å². The first-order valence-corrected chi connectivity index (χ1v) is 34.9. The summed E-state index contributed by atoms with van der Waals surface area (Å²) in [7, 11) is 0. The molecule has 0 atom stereocenters. The van der Waals surface area contributed by atoms with E-state index >= 15 is 0 Å². The van der Waals surface area contributed by atoms with E-state index in [1.54, 1.807) is 0 Å². The maximum absolute atomic E-state index is 6.25. The molecular weight excluding hydrogens is 1230 g/mol. The molecule has 2 aliphatic rings. The van der Waals surface area contributed by atoms with Crippen molar-refractivity contribution < 1.29 is 4.42 Å². The third-order valence-electron chi connectivity index (χ3n) is 22.4. The van der Waals surface area contributed by atoms with Crippen LogP contribution in [0.1, 0.15) is 77.6 Å². The number of hydrogen-bond acceptors (Lipinski definition) is 7. The third kappa shape index (κ3) is 10.7. The first-order valence-electron chi connectivity index (χ1n) is 34.9. The number of benzene rings is 13. The monoisotopic (exact) mass is 1300 g/mol. The number of para-hydroxylation sites is 1. The van der Waals surface area contributed by atoms with E-state index in [1.165, 1.54) is 66.8 Å². The van der Waals surface area contributed by atoms with Crippen LogP contribution in [-0.2, 0) is 21.7 Å². The highest BCUT2D eigenvalue weighted by Crippen LogP contribution is 2.57. The molecule has 7 nitrogen and oxygen atoms in total. The molecule has 13 aromatic carbocycles. The number of hydrogen-bond donors (Lipinski definition) is 0. The van der Waals surface area contributed by atoms with Gasteiger partial charge in [0.05, 0.1) is 0 Å². The highest BCUT2D eigenvalue weighted by Gasteiger charge is 2.47. The van der Waals surface area contributed by atoms with E-state index in [4.69, 9.17) is 34.3 Å². The smallest absolute Gasteiger partial charge is 0.164 e. The lowest BCUT2D eigenvalue weighted by atomic mass is 9.55. The molecule has 101 heavy (non-hydrogen) atoms. The number of nitrogens with zero attached hydrogens (tertiary/aromatic N) is 6. The van der Waals surface area contributed by atoms with Gasteiger partial charge in [-0.25, -0.2) is 29.9 Å². The average Bonchev–Trinajstić information content (AvgIpc) is 1.58.